The molecule has 0 aliphatic rings. The minimum Gasteiger partial charge on any atom is -0.361 e. The van der Waals surface area contributed by atoms with Gasteiger partial charge in [0.25, 0.3) is 5.78 Å². The van der Waals surface area contributed by atoms with Gasteiger partial charge in [-0.1, -0.05) is 24.3 Å². The Morgan fingerprint density at radius 2 is 1.86 bits per heavy atom. The van der Waals surface area contributed by atoms with Crippen LogP contribution < -0.4 is 0 Å². The smallest absolute Gasteiger partial charge is 0.328 e. The molecule has 0 spiro atoms. The highest BCUT2D eigenvalue weighted by molar-refractivity contribution is 6.35. The molecule has 70 valence electrons. The normalized spacial score (nSPS) is 8.93. The van der Waals surface area contributed by atoms with Crippen LogP contribution in [0, 0.1) is 0 Å². The van der Waals surface area contributed by atoms with Crippen LogP contribution in [-0.2, 0) is 0 Å². The van der Waals surface area contributed by atoms with E-state index in [4.69, 9.17) is 5.53 Å². The lowest BCUT2D eigenvalue weighted by Gasteiger charge is -1.99. The van der Waals surface area contributed by atoms with Gasteiger partial charge < -0.3 is 5.53 Å². The molecular formula is C10H8N2O2. The molecule has 4 nitrogen and oxygen atoms in total. The fourth-order valence-electron chi connectivity index (χ4n) is 1.13. The maximum Gasteiger partial charge on any atom is 0.328 e. The molecule has 0 aliphatic carbocycles. The Balaban J connectivity index is 3.26. The average molecular weight is 188 g/mol. The van der Waals surface area contributed by atoms with Gasteiger partial charge in [0.05, 0.1) is 0 Å². The summed E-state index contributed by atoms with van der Waals surface area (Å²) in [7, 11) is 0. The van der Waals surface area contributed by atoms with Gasteiger partial charge in [-0.25, -0.2) is 0 Å². The Bertz CT molecular complexity index is 432. The first-order chi connectivity index (χ1) is 6.66. The largest absolute Gasteiger partial charge is 0.361 e. The summed E-state index contributed by atoms with van der Waals surface area (Å²) >= 11 is 0. The van der Waals surface area contributed by atoms with E-state index in [1.54, 1.807) is 18.2 Å². The molecule has 0 radical (unpaired) electrons. The monoisotopic (exact) mass is 188 g/mol. The number of carbonyl (C=O) groups is 2. The van der Waals surface area contributed by atoms with E-state index in [2.05, 4.69) is 4.79 Å². The van der Waals surface area contributed by atoms with E-state index in [1.165, 1.54) is 13.0 Å². The Hall–Kier alpha value is -2.06. The van der Waals surface area contributed by atoms with Gasteiger partial charge in [-0.15, -0.1) is 0 Å². The van der Waals surface area contributed by atoms with Crippen LogP contribution in [0.3, 0.4) is 0 Å². The third-order valence-corrected chi connectivity index (χ3v) is 1.75. The summed E-state index contributed by atoms with van der Waals surface area (Å²) in [5.74, 6) is -0.682. The first-order valence-electron chi connectivity index (χ1n) is 3.98. The topological polar surface area (TPSA) is 70.5 Å². The van der Waals surface area contributed by atoms with Gasteiger partial charge in [0.2, 0.25) is 0 Å². The minimum absolute atomic E-state index is 0.194. The molecule has 0 saturated heterocycles. The fourth-order valence-corrected chi connectivity index (χ4v) is 1.13. The summed E-state index contributed by atoms with van der Waals surface area (Å²) in [6.07, 6.45) is 0.766. The van der Waals surface area contributed by atoms with Gasteiger partial charge in [-0.05, 0) is 6.92 Å². The summed E-state index contributed by atoms with van der Waals surface area (Å²) in [5, 5.41) is 0. The molecule has 1 aromatic carbocycles. The number of rotatable bonds is 3. The number of ketones is 2. The molecule has 0 N–H and O–H groups in total. The molecule has 0 aliphatic heterocycles. The Morgan fingerprint density at radius 3 is 2.36 bits per heavy atom. The van der Waals surface area contributed by atoms with E-state index in [9.17, 15) is 9.59 Å². The lowest BCUT2D eigenvalue weighted by molar-refractivity contribution is 0.00234. The second-order valence-electron chi connectivity index (χ2n) is 2.71. The molecule has 0 bridgehead atoms. The number of nitrogens with zero attached hydrogens (tertiary/aromatic N) is 2. The Kier molecular flexibility index (Phi) is 3.05. The molecule has 0 amide bonds. The fraction of sp³-hybridized carbons (Fsp3) is 0.100. The highest BCUT2D eigenvalue weighted by atomic mass is 16.1. The van der Waals surface area contributed by atoms with Crippen molar-refractivity contribution in [1.29, 1.82) is 0 Å². The van der Waals surface area contributed by atoms with Crippen LogP contribution in [0.25, 0.3) is 5.53 Å². The second-order valence-corrected chi connectivity index (χ2v) is 2.71. The quantitative estimate of drug-likeness (QED) is 0.311. The lowest BCUT2D eigenvalue weighted by atomic mass is 10.0. The first kappa shape index (κ1) is 10.0. The van der Waals surface area contributed by atoms with Crippen molar-refractivity contribution in [3.05, 3.63) is 40.9 Å². The van der Waals surface area contributed by atoms with Crippen LogP contribution in [0.5, 0.6) is 0 Å². The first-order valence-corrected chi connectivity index (χ1v) is 3.98. The standard InChI is InChI=1S/C10H8N2O2/c1-7(13)8-4-2-3-5-9(8)10(14)6-12-11/h2-6H,1H3. The van der Waals surface area contributed by atoms with E-state index in [0.717, 1.165) is 6.21 Å². The van der Waals surface area contributed by atoms with Crippen LogP contribution in [0.1, 0.15) is 27.6 Å². The lowest BCUT2D eigenvalue weighted by Crippen LogP contribution is -2.07. The summed E-state index contributed by atoms with van der Waals surface area (Å²) < 4.78 is 0. The van der Waals surface area contributed by atoms with Crippen LogP contribution in [0.4, 0.5) is 0 Å². The van der Waals surface area contributed by atoms with E-state index in [1.807, 2.05) is 0 Å². The molecule has 1 aromatic rings. The predicted octanol–water partition coefficient (Wildman–Crippen LogP) is 1.37. The van der Waals surface area contributed by atoms with E-state index < -0.39 is 5.78 Å². The van der Waals surface area contributed by atoms with Crippen molar-refractivity contribution >= 4 is 17.8 Å². The van der Waals surface area contributed by atoms with Gasteiger partial charge in [-0.2, -0.15) is 4.79 Å². The Morgan fingerprint density at radius 1 is 1.29 bits per heavy atom. The van der Waals surface area contributed by atoms with E-state index in [-0.39, 0.29) is 11.3 Å². The van der Waals surface area contributed by atoms with Crippen LogP contribution >= 0.6 is 0 Å². The van der Waals surface area contributed by atoms with Gasteiger partial charge in [0, 0.05) is 11.1 Å². The van der Waals surface area contributed by atoms with Gasteiger partial charge in [0.15, 0.2) is 5.78 Å². The number of benzene rings is 1. The average Bonchev–Trinajstić information content (AvgIpc) is 2.18. The van der Waals surface area contributed by atoms with Crippen molar-refractivity contribution in [1.82, 2.24) is 0 Å². The molecule has 14 heavy (non-hydrogen) atoms. The van der Waals surface area contributed by atoms with Crippen LogP contribution in [0.15, 0.2) is 24.3 Å². The summed E-state index contributed by atoms with van der Waals surface area (Å²) in [5.41, 5.74) is 8.77. The SMILES string of the molecule is CC(=O)c1ccccc1C(=O)C=[N+]=[N-]. The second kappa shape index (κ2) is 4.25. The van der Waals surface area contributed by atoms with Crippen molar-refractivity contribution in [3.63, 3.8) is 0 Å². The zero-order chi connectivity index (χ0) is 10.6. The molecule has 0 atom stereocenters. The highest BCUT2D eigenvalue weighted by Gasteiger charge is 2.14. The summed E-state index contributed by atoms with van der Waals surface area (Å²) in [6, 6.07) is 6.38. The maximum absolute atomic E-state index is 11.3. The minimum atomic E-state index is -0.488. The van der Waals surface area contributed by atoms with E-state index in [0.29, 0.717) is 5.56 Å². The molecule has 0 heterocycles. The van der Waals surface area contributed by atoms with Gasteiger partial charge in [-0.3, -0.25) is 9.59 Å². The molecule has 0 aromatic heterocycles. The Labute approximate surface area is 80.8 Å². The molecule has 0 unspecified atom stereocenters. The number of carbonyl (C=O) groups excluding carboxylic acids is 2. The third-order valence-electron chi connectivity index (χ3n) is 1.75. The molecule has 1 rings (SSSR count). The predicted molar refractivity (Wildman–Crippen MR) is 50.5 cm³/mol. The number of Topliss-reactive ketones (excluding diaryl/α,β-unsaturated/α-hetero) is 2. The molecule has 4 heteroatoms. The summed E-state index contributed by atoms with van der Waals surface area (Å²) in [4.78, 5) is 25.1. The van der Waals surface area contributed by atoms with Crippen molar-refractivity contribution in [2.24, 2.45) is 0 Å². The highest BCUT2D eigenvalue weighted by Crippen LogP contribution is 2.09. The van der Waals surface area contributed by atoms with Crippen molar-refractivity contribution in [2.75, 3.05) is 0 Å². The van der Waals surface area contributed by atoms with Crippen molar-refractivity contribution in [2.45, 2.75) is 6.92 Å². The van der Waals surface area contributed by atoms with Gasteiger partial charge in [0.1, 0.15) is 0 Å². The van der Waals surface area contributed by atoms with E-state index >= 15 is 0 Å². The van der Waals surface area contributed by atoms with Crippen molar-refractivity contribution in [3.8, 4) is 0 Å². The number of hydrogen-bond acceptors (Lipinski definition) is 2. The molecule has 0 fully saturated rings. The zero-order valence-corrected chi connectivity index (χ0v) is 7.60. The van der Waals surface area contributed by atoms with Crippen molar-refractivity contribution < 1.29 is 14.4 Å². The molecule has 0 saturated carbocycles. The van der Waals surface area contributed by atoms with Crippen LogP contribution in [0.2, 0.25) is 0 Å². The molecular weight excluding hydrogens is 180 g/mol. The number of hydrogen-bond donors (Lipinski definition) is 0. The van der Waals surface area contributed by atoms with Crippen LogP contribution in [-0.4, -0.2) is 22.6 Å². The third kappa shape index (κ3) is 2.00. The van der Waals surface area contributed by atoms with Gasteiger partial charge >= 0.3 is 6.21 Å². The maximum atomic E-state index is 11.3. The summed E-state index contributed by atoms with van der Waals surface area (Å²) in [6.45, 7) is 1.38. The zero-order valence-electron chi connectivity index (χ0n) is 7.60.